The van der Waals surface area contributed by atoms with E-state index in [4.69, 9.17) is 5.84 Å². The van der Waals surface area contributed by atoms with Gasteiger partial charge in [-0.1, -0.05) is 6.07 Å². The molecule has 0 aromatic carbocycles. The van der Waals surface area contributed by atoms with Crippen molar-refractivity contribution in [3.05, 3.63) is 23.9 Å². The lowest BCUT2D eigenvalue weighted by molar-refractivity contribution is 0.252. The molecule has 0 spiro atoms. The molecule has 4 N–H and O–H groups in total. The molecule has 64 valence electrons. The van der Waals surface area contributed by atoms with Gasteiger partial charge in [0.2, 0.25) is 0 Å². The zero-order chi connectivity index (χ0) is 8.97. The third-order valence-electron chi connectivity index (χ3n) is 1.37. The Morgan fingerprint density at radius 1 is 1.67 bits per heavy atom. The van der Waals surface area contributed by atoms with Crippen LogP contribution in [0.25, 0.3) is 0 Å². The van der Waals surface area contributed by atoms with Gasteiger partial charge in [0.25, 0.3) is 0 Å². The third kappa shape index (κ3) is 1.93. The third-order valence-corrected chi connectivity index (χ3v) is 1.37. The summed E-state index contributed by atoms with van der Waals surface area (Å²) in [4.78, 5) is 14.7. The highest BCUT2D eigenvalue weighted by Gasteiger charge is 2.01. The van der Waals surface area contributed by atoms with Crippen LogP contribution in [0.2, 0.25) is 0 Å². The molecular formula is C7H10N4O. The van der Waals surface area contributed by atoms with Crippen LogP contribution in [-0.2, 0) is 0 Å². The average Bonchev–Trinajstić information content (AvgIpc) is 2.09. The van der Waals surface area contributed by atoms with Gasteiger partial charge in [0.05, 0.1) is 0 Å². The summed E-state index contributed by atoms with van der Waals surface area (Å²) in [6.45, 7) is 1.85. The van der Waals surface area contributed by atoms with Gasteiger partial charge in [0.15, 0.2) is 0 Å². The van der Waals surface area contributed by atoms with Crippen LogP contribution in [0, 0.1) is 6.92 Å². The fourth-order valence-electron chi connectivity index (χ4n) is 0.760. The van der Waals surface area contributed by atoms with Gasteiger partial charge >= 0.3 is 6.03 Å². The van der Waals surface area contributed by atoms with Crippen LogP contribution in [0.5, 0.6) is 0 Å². The molecule has 1 aromatic rings. The monoisotopic (exact) mass is 166 g/mol. The molecule has 0 bridgehead atoms. The Balaban J connectivity index is 2.75. The fourth-order valence-corrected chi connectivity index (χ4v) is 0.760. The van der Waals surface area contributed by atoms with Gasteiger partial charge in [-0.3, -0.25) is 10.7 Å². The van der Waals surface area contributed by atoms with E-state index in [1.807, 2.05) is 18.4 Å². The minimum absolute atomic E-state index is 0.475. The highest BCUT2D eigenvalue weighted by atomic mass is 16.2. The highest BCUT2D eigenvalue weighted by molar-refractivity contribution is 5.88. The topological polar surface area (TPSA) is 80.0 Å². The van der Waals surface area contributed by atoms with Crippen molar-refractivity contribution < 1.29 is 4.79 Å². The fraction of sp³-hybridized carbons (Fsp3) is 0.143. The number of aryl methyl sites for hydroxylation is 1. The van der Waals surface area contributed by atoms with Gasteiger partial charge in [-0.05, 0) is 18.6 Å². The molecule has 0 aliphatic carbocycles. The van der Waals surface area contributed by atoms with E-state index in [-0.39, 0.29) is 0 Å². The van der Waals surface area contributed by atoms with Crippen LogP contribution < -0.4 is 16.6 Å². The number of hydrazine groups is 1. The standard InChI is InChI=1S/C7H10N4O/c1-5-3-2-4-9-6(5)10-7(12)11-8/h2-4H,8H2,1H3,(H2,9,10,11,12). The van der Waals surface area contributed by atoms with E-state index < -0.39 is 6.03 Å². The van der Waals surface area contributed by atoms with Crippen molar-refractivity contribution in [2.24, 2.45) is 5.84 Å². The molecule has 0 fully saturated rings. The predicted molar refractivity (Wildman–Crippen MR) is 45.3 cm³/mol. The number of hydrogen-bond acceptors (Lipinski definition) is 3. The Labute approximate surface area is 70.0 Å². The first-order valence-corrected chi connectivity index (χ1v) is 3.43. The van der Waals surface area contributed by atoms with Crippen molar-refractivity contribution in [2.75, 3.05) is 5.32 Å². The van der Waals surface area contributed by atoms with Crippen LogP contribution >= 0.6 is 0 Å². The molecule has 5 nitrogen and oxygen atoms in total. The van der Waals surface area contributed by atoms with E-state index >= 15 is 0 Å². The maximum atomic E-state index is 10.7. The van der Waals surface area contributed by atoms with Gasteiger partial charge in [-0.25, -0.2) is 15.6 Å². The first-order valence-electron chi connectivity index (χ1n) is 3.43. The molecule has 0 saturated carbocycles. The summed E-state index contributed by atoms with van der Waals surface area (Å²) in [7, 11) is 0. The number of carbonyl (C=O) groups is 1. The van der Waals surface area contributed by atoms with Crippen LogP contribution in [0.4, 0.5) is 10.6 Å². The molecule has 1 rings (SSSR count). The molecular weight excluding hydrogens is 156 g/mol. The molecule has 5 heteroatoms. The Bertz CT molecular complexity index is 286. The number of pyridine rings is 1. The quantitative estimate of drug-likeness (QED) is 0.320. The molecule has 1 aromatic heterocycles. The summed E-state index contributed by atoms with van der Waals surface area (Å²) in [6, 6.07) is 3.16. The maximum absolute atomic E-state index is 10.7. The number of nitrogens with zero attached hydrogens (tertiary/aromatic N) is 1. The van der Waals surface area contributed by atoms with Crippen LogP contribution in [-0.4, -0.2) is 11.0 Å². The molecule has 0 unspecified atom stereocenters. The average molecular weight is 166 g/mol. The van der Waals surface area contributed by atoms with Gasteiger partial charge in [0, 0.05) is 6.20 Å². The molecule has 0 saturated heterocycles. The summed E-state index contributed by atoms with van der Waals surface area (Å²) in [5.74, 6) is 5.39. The number of aromatic nitrogens is 1. The molecule has 1 heterocycles. The van der Waals surface area contributed by atoms with E-state index in [1.165, 1.54) is 0 Å². The summed E-state index contributed by atoms with van der Waals surface area (Å²) in [5.41, 5.74) is 2.84. The summed E-state index contributed by atoms with van der Waals surface area (Å²) in [6.07, 6.45) is 1.60. The zero-order valence-electron chi connectivity index (χ0n) is 6.66. The Kier molecular flexibility index (Phi) is 2.60. The lowest BCUT2D eigenvalue weighted by atomic mass is 10.3. The van der Waals surface area contributed by atoms with Crippen LogP contribution in [0.1, 0.15) is 5.56 Å². The minimum Gasteiger partial charge on any atom is -0.291 e. The largest absolute Gasteiger partial charge is 0.334 e. The molecule has 2 amide bonds. The van der Waals surface area contributed by atoms with E-state index in [2.05, 4.69) is 10.3 Å². The van der Waals surface area contributed by atoms with Gasteiger partial charge in [-0.15, -0.1) is 0 Å². The lowest BCUT2D eigenvalue weighted by Gasteiger charge is -2.04. The number of urea groups is 1. The number of carbonyl (C=O) groups excluding carboxylic acids is 1. The second-order valence-corrected chi connectivity index (χ2v) is 2.27. The van der Waals surface area contributed by atoms with E-state index in [1.54, 1.807) is 12.3 Å². The van der Waals surface area contributed by atoms with Crippen molar-refractivity contribution in [1.82, 2.24) is 10.4 Å². The summed E-state index contributed by atoms with van der Waals surface area (Å²) in [5, 5.41) is 2.47. The first-order chi connectivity index (χ1) is 5.74. The number of amides is 2. The van der Waals surface area contributed by atoms with E-state index in [9.17, 15) is 4.79 Å². The van der Waals surface area contributed by atoms with Gasteiger partial charge in [-0.2, -0.15) is 0 Å². The molecule has 12 heavy (non-hydrogen) atoms. The maximum Gasteiger partial charge on any atom is 0.334 e. The number of rotatable bonds is 1. The molecule has 0 aliphatic heterocycles. The van der Waals surface area contributed by atoms with Crippen molar-refractivity contribution in [2.45, 2.75) is 6.92 Å². The van der Waals surface area contributed by atoms with Crippen molar-refractivity contribution in [3.63, 3.8) is 0 Å². The Morgan fingerprint density at radius 3 is 3.00 bits per heavy atom. The smallest absolute Gasteiger partial charge is 0.291 e. The molecule has 0 atom stereocenters. The SMILES string of the molecule is Cc1cccnc1NC(=O)NN. The van der Waals surface area contributed by atoms with Crippen molar-refractivity contribution in [1.29, 1.82) is 0 Å². The Morgan fingerprint density at radius 2 is 2.42 bits per heavy atom. The van der Waals surface area contributed by atoms with Crippen LogP contribution in [0.3, 0.4) is 0 Å². The number of hydrogen-bond donors (Lipinski definition) is 3. The second-order valence-electron chi connectivity index (χ2n) is 2.27. The number of nitrogens with two attached hydrogens (primary N) is 1. The predicted octanol–water partition coefficient (Wildman–Crippen LogP) is 0.385. The van der Waals surface area contributed by atoms with Gasteiger partial charge in [0.1, 0.15) is 5.82 Å². The first kappa shape index (κ1) is 8.48. The second kappa shape index (κ2) is 3.68. The number of anilines is 1. The number of nitrogens with one attached hydrogen (secondary N) is 2. The van der Waals surface area contributed by atoms with Crippen molar-refractivity contribution >= 4 is 11.8 Å². The molecule has 0 radical (unpaired) electrons. The van der Waals surface area contributed by atoms with Crippen molar-refractivity contribution in [3.8, 4) is 0 Å². The summed E-state index contributed by atoms with van der Waals surface area (Å²) >= 11 is 0. The van der Waals surface area contributed by atoms with E-state index in [0.717, 1.165) is 5.56 Å². The Hall–Kier alpha value is -1.62. The summed E-state index contributed by atoms with van der Waals surface area (Å²) < 4.78 is 0. The van der Waals surface area contributed by atoms with Gasteiger partial charge < -0.3 is 0 Å². The minimum atomic E-state index is -0.475. The highest BCUT2D eigenvalue weighted by Crippen LogP contribution is 2.07. The normalized spacial score (nSPS) is 9.17. The molecule has 0 aliphatic rings. The lowest BCUT2D eigenvalue weighted by Crippen LogP contribution is -2.34. The van der Waals surface area contributed by atoms with Crippen LogP contribution in [0.15, 0.2) is 18.3 Å². The van der Waals surface area contributed by atoms with E-state index in [0.29, 0.717) is 5.82 Å². The zero-order valence-corrected chi connectivity index (χ0v) is 6.66.